The van der Waals surface area contributed by atoms with Gasteiger partial charge >= 0.3 is 0 Å². The van der Waals surface area contributed by atoms with Crippen LogP contribution in [0.25, 0.3) is 0 Å². The Morgan fingerprint density at radius 2 is 2.00 bits per heavy atom. The highest BCUT2D eigenvalue weighted by Gasteiger charge is 2.30. The average molecular weight is 290 g/mol. The summed E-state index contributed by atoms with van der Waals surface area (Å²) in [5, 5.41) is 3.56. The number of ether oxygens (including phenoxy) is 1. The molecule has 0 radical (unpaired) electrons. The summed E-state index contributed by atoms with van der Waals surface area (Å²) in [7, 11) is 0. The van der Waals surface area contributed by atoms with Crippen molar-refractivity contribution in [3.63, 3.8) is 0 Å². The van der Waals surface area contributed by atoms with Crippen molar-refractivity contribution >= 4 is 5.69 Å². The fraction of sp³-hybridized carbons (Fsp3) is 0.667. The zero-order valence-electron chi connectivity index (χ0n) is 14.4. The van der Waals surface area contributed by atoms with Crippen LogP contribution in [0.5, 0.6) is 0 Å². The van der Waals surface area contributed by atoms with Crippen LogP contribution >= 0.6 is 0 Å². The highest BCUT2D eigenvalue weighted by molar-refractivity contribution is 5.53. The number of hydrogen-bond donors (Lipinski definition) is 1. The molecule has 1 aromatic rings. The Balaban J connectivity index is 2.15. The second kappa shape index (κ2) is 5.98. The predicted octanol–water partition coefficient (Wildman–Crippen LogP) is 3.50. The summed E-state index contributed by atoms with van der Waals surface area (Å²) in [5.74, 6) is 0. The van der Waals surface area contributed by atoms with Gasteiger partial charge in [-0.1, -0.05) is 6.07 Å². The van der Waals surface area contributed by atoms with Crippen LogP contribution in [0.4, 0.5) is 5.69 Å². The maximum Gasteiger partial charge on any atom is 0.0694 e. The van der Waals surface area contributed by atoms with Crippen LogP contribution in [0.15, 0.2) is 18.2 Å². The molecule has 1 fully saturated rings. The van der Waals surface area contributed by atoms with Gasteiger partial charge in [-0.2, -0.15) is 0 Å². The Morgan fingerprint density at radius 1 is 1.29 bits per heavy atom. The molecular formula is C18H30N2O. The number of hydrogen-bond acceptors (Lipinski definition) is 3. The summed E-state index contributed by atoms with van der Waals surface area (Å²) in [6, 6.07) is 6.82. The zero-order chi connectivity index (χ0) is 15.7. The molecule has 0 unspecified atom stereocenters. The lowest BCUT2D eigenvalue weighted by Crippen LogP contribution is -2.53. The number of nitrogens with zero attached hydrogens (tertiary/aromatic N) is 1. The largest absolute Gasteiger partial charge is 0.377 e. The third-order valence-corrected chi connectivity index (χ3v) is 4.09. The minimum Gasteiger partial charge on any atom is -0.377 e. The number of morpholine rings is 1. The van der Waals surface area contributed by atoms with Crippen LogP contribution in [0.3, 0.4) is 0 Å². The fourth-order valence-corrected chi connectivity index (χ4v) is 2.74. The molecule has 0 saturated carbocycles. The molecule has 0 spiro atoms. The minimum atomic E-state index is 0.0653. The van der Waals surface area contributed by atoms with Crippen molar-refractivity contribution in [2.75, 3.05) is 24.7 Å². The Kier molecular flexibility index (Phi) is 4.64. The van der Waals surface area contributed by atoms with E-state index in [0.29, 0.717) is 0 Å². The van der Waals surface area contributed by atoms with E-state index in [-0.39, 0.29) is 11.1 Å². The molecule has 0 aliphatic carbocycles. The molecule has 2 rings (SSSR count). The van der Waals surface area contributed by atoms with Gasteiger partial charge in [0.05, 0.1) is 18.8 Å². The number of benzene rings is 1. The van der Waals surface area contributed by atoms with Crippen LogP contribution in [-0.2, 0) is 11.3 Å². The zero-order valence-corrected chi connectivity index (χ0v) is 14.4. The van der Waals surface area contributed by atoms with E-state index in [2.05, 4.69) is 70.0 Å². The van der Waals surface area contributed by atoms with Crippen LogP contribution < -0.4 is 10.2 Å². The monoisotopic (exact) mass is 290 g/mol. The molecule has 0 aromatic heterocycles. The van der Waals surface area contributed by atoms with Crippen LogP contribution in [-0.4, -0.2) is 30.8 Å². The van der Waals surface area contributed by atoms with Crippen molar-refractivity contribution in [1.29, 1.82) is 0 Å². The fourth-order valence-electron chi connectivity index (χ4n) is 2.74. The van der Waals surface area contributed by atoms with Gasteiger partial charge in [0.15, 0.2) is 0 Å². The van der Waals surface area contributed by atoms with E-state index >= 15 is 0 Å². The Hall–Kier alpha value is -1.06. The van der Waals surface area contributed by atoms with Crippen molar-refractivity contribution in [2.24, 2.45) is 0 Å². The normalized spacial score (nSPS) is 18.9. The quantitative estimate of drug-likeness (QED) is 0.922. The van der Waals surface area contributed by atoms with Crippen molar-refractivity contribution in [3.05, 3.63) is 29.3 Å². The highest BCUT2D eigenvalue weighted by Crippen LogP contribution is 2.28. The van der Waals surface area contributed by atoms with Gasteiger partial charge in [-0.05, 0) is 64.8 Å². The molecule has 21 heavy (non-hydrogen) atoms. The molecule has 0 amide bonds. The molecule has 0 atom stereocenters. The molecule has 1 saturated heterocycles. The lowest BCUT2D eigenvalue weighted by molar-refractivity contribution is 0.0644. The van der Waals surface area contributed by atoms with E-state index < -0.39 is 0 Å². The maximum atomic E-state index is 5.61. The molecule has 118 valence electrons. The van der Waals surface area contributed by atoms with Crippen LogP contribution in [0, 0.1) is 6.92 Å². The number of rotatable bonds is 3. The first kappa shape index (κ1) is 16.3. The van der Waals surface area contributed by atoms with E-state index in [1.807, 2.05) is 0 Å². The highest BCUT2D eigenvalue weighted by atomic mass is 16.5. The first-order valence-electron chi connectivity index (χ1n) is 7.89. The summed E-state index contributed by atoms with van der Waals surface area (Å²) < 4.78 is 5.61. The van der Waals surface area contributed by atoms with Crippen LogP contribution in [0.1, 0.15) is 45.7 Å². The van der Waals surface area contributed by atoms with Crippen molar-refractivity contribution in [2.45, 2.75) is 59.2 Å². The summed E-state index contributed by atoms with van der Waals surface area (Å²) in [6.45, 7) is 16.8. The standard InChI is InChI=1S/C18H30N2O/c1-14-11-16(20-9-10-21-13-18(20,5)6)8-7-15(14)12-19-17(2,3)4/h7-8,11,19H,9-10,12-13H2,1-6H3. The summed E-state index contributed by atoms with van der Waals surface area (Å²) in [5.41, 5.74) is 4.25. The Morgan fingerprint density at radius 3 is 2.57 bits per heavy atom. The molecular weight excluding hydrogens is 260 g/mol. The first-order chi connectivity index (χ1) is 9.69. The van der Waals surface area contributed by atoms with Gasteiger partial charge in [0.25, 0.3) is 0 Å². The Labute approximate surface area is 129 Å². The van der Waals surface area contributed by atoms with Gasteiger partial charge in [0, 0.05) is 24.3 Å². The molecule has 0 bridgehead atoms. The van der Waals surface area contributed by atoms with Gasteiger partial charge < -0.3 is 15.0 Å². The van der Waals surface area contributed by atoms with Crippen LogP contribution in [0.2, 0.25) is 0 Å². The lowest BCUT2D eigenvalue weighted by atomic mass is 9.99. The molecule has 1 aromatic carbocycles. The second-order valence-corrected chi connectivity index (χ2v) is 7.73. The molecule has 3 heteroatoms. The Bertz CT molecular complexity index is 488. The first-order valence-corrected chi connectivity index (χ1v) is 7.89. The number of anilines is 1. The van der Waals surface area contributed by atoms with E-state index in [9.17, 15) is 0 Å². The lowest BCUT2D eigenvalue weighted by Gasteiger charge is -2.44. The smallest absolute Gasteiger partial charge is 0.0694 e. The molecule has 1 aliphatic rings. The molecule has 1 aliphatic heterocycles. The van der Waals surface area contributed by atoms with E-state index in [1.54, 1.807) is 0 Å². The van der Waals surface area contributed by atoms with E-state index in [0.717, 1.165) is 26.3 Å². The topological polar surface area (TPSA) is 24.5 Å². The van der Waals surface area contributed by atoms with Gasteiger partial charge in [-0.3, -0.25) is 0 Å². The van der Waals surface area contributed by atoms with E-state index in [1.165, 1.54) is 16.8 Å². The van der Waals surface area contributed by atoms with Crippen molar-refractivity contribution < 1.29 is 4.74 Å². The average Bonchev–Trinajstić information content (AvgIpc) is 2.35. The van der Waals surface area contributed by atoms with Gasteiger partial charge in [0.1, 0.15) is 0 Å². The maximum absolute atomic E-state index is 5.61. The van der Waals surface area contributed by atoms with Crippen molar-refractivity contribution in [1.82, 2.24) is 5.32 Å². The third kappa shape index (κ3) is 4.21. The van der Waals surface area contributed by atoms with Gasteiger partial charge in [0.2, 0.25) is 0 Å². The number of nitrogens with one attached hydrogen (secondary N) is 1. The molecule has 3 nitrogen and oxygen atoms in total. The summed E-state index contributed by atoms with van der Waals surface area (Å²) >= 11 is 0. The summed E-state index contributed by atoms with van der Waals surface area (Å²) in [6.07, 6.45) is 0. The number of aryl methyl sites for hydroxylation is 1. The third-order valence-electron chi connectivity index (χ3n) is 4.09. The summed E-state index contributed by atoms with van der Waals surface area (Å²) in [4.78, 5) is 2.46. The van der Waals surface area contributed by atoms with E-state index in [4.69, 9.17) is 4.74 Å². The minimum absolute atomic E-state index is 0.0653. The van der Waals surface area contributed by atoms with Crippen molar-refractivity contribution in [3.8, 4) is 0 Å². The SMILES string of the molecule is Cc1cc(N2CCOCC2(C)C)ccc1CNC(C)(C)C. The molecule has 1 N–H and O–H groups in total. The second-order valence-electron chi connectivity index (χ2n) is 7.73. The predicted molar refractivity (Wildman–Crippen MR) is 90.0 cm³/mol. The van der Waals surface area contributed by atoms with Gasteiger partial charge in [-0.25, -0.2) is 0 Å². The molecule has 1 heterocycles. The van der Waals surface area contributed by atoms with Gasteiger partial charge in [-0.15, -0.1) is 0 Å².